The summed E-state index contributed by atoms with van der Waals surface area (Å²) < 4.78 is 6.56. The summed E-state index contributed by atoms with van der Waals surface area (Å²) >= 11 is 0. The average molecular weight is 806 g/mol. The molecule has 0 atom stereocenters. The minimum Gasteiger partial charge on any atom is -0.456 e. The highest BCUT2D eigenvalue weighted by Gasteiger charge is 2.38. The van der Waals surface area contributed by atoms with Gasteiger partial charge in [0.05, 0.1) is 11.4 Å². The first-order chi connectivity index (χ1) is 31.0. The van der Waals surface area contributed by atoms with Gasteiger partial charge in [0.2, 0.25) is 0 Å². The number of anilines is 3. The molecule has 0 spiro atoms. The molecule has 11 aromatic rings. The molecule has 12 rings (SSSR count). The Hall–Kier alpha value is -7.94. The van der Waals surface area contributed by atoms with Crippen molar-refractivity contribution in [1.29, 1.82) is 0 Å². The molecule has 1 aromatic heterocycles. The van der Waals surface area contributed by atoms with Crippen LogP contribution in [-0.2, 0) is 5.41 Å². The number of fused-ring (bicyclic) bond motifs is 7. The monoisotopic (exact) mass is 805 g/mol. The van der Waals surface area contributed by atoms with Crippen LogP contribution in [0.4, 0.5) is 17.1 Å². The molecule has 0 amide bonds. The van der Waals surface area contributed by atoms with Crippen molar-refractivity contribution in [2.75, 3.05) is 4.90 Å². The van der Waals surface area contributed by atoms with Gasteiger partial charge >= 0.3 is 0 Å². The van der Waals surface area contributed by atoms with E-state index in [0.29, 0.717) is 0 Å². The minimum absolute atomic E-state index is 0.173. The molecule has 63 heavy (non-hydrogen) atoms. The van der Waals surface area contributed by atoms with E-state index >= 15 is 0 Å². The third-order valence-corrected chi connectivity index (χ3v) is 13.3. The molecular weight excluding hydrogens is 763 g/mol. The van der Waals surface area contributed by atoms with Crippen molar-refractivity contribution in [3.05, 3.63) is 236 Å². The van der Waals surface area contributed by atoms with Crippen molar-refractivity contribution in [2.24, 2.45) is 0 Å². The zero-order valence-electron chi connectivity index (χ0n) is 35.2. The molecule has 0 N–H and O–H groups in total. The largest absolute Gasteiger partial charge is 0.456 e. The zero-order chi connectivity index (χ0) is 42.1. The van der Waals surface area contributed by atoms with E-state index in [1.54, 1.807) is 0 Å². The Morgan fingerprint density at radius 1 is 0.365 bits per heavy atom. The molecule has 0 saturated heterocycles. The number of rotatable bonds is 7. The average Bonchev–Trinajstić information content (AvgIpc) is 3.84. The third-order valence-electron chi connectivity index (χ3n) is 13.3. The van der Waals surface area contributed by atoms with E-state index in [1.807, 2.05) is 0 Å². The maximum Gasteiger partial charge on any atom is 0.136 e. The fraction of sp³-hybridized carbons (Fsp3) is 0.0492. The summed E-state index contributed by atoms with van der Waals surface area (Å²) in [6.07, 6.45) is 0. The quantitative estimate of drug-likeness (QED) is 0.160. The van der Waals surface area contributed by atoms with Crippen molar-refractivity contribution in [3.63, 3.8) is 0 Å². The van der Waals surface area contributed by atoms with Gasteiger partial charge in [-0.1, -0.05) is 196 Å². The SMILES string of the molecule is CC1(C)c2ccccc2-c2c(-c3c(-c4cccc5oc6ccccc6c45)cccc3N(c3ccc(-c4ccccc4)cc3)c3ccccc3-c3ccc4ccccc4c3)cccc21. The van der Waals surface area contributed by atoms with Crippen molar-refractivity contribution >= 4 is 49.8 Å². The lowest BCUT2D eigenvalue weighted by Gasteiger charge is -2.32. The van der Waals surface area contributed by atoms with Crippen LogP contribution in [0.5, 0.6) is 0 Å². The van der Waals surface area contributed by atoms with Crippen molar-refractivity contribution < 1.29 is 4.42 Å². The normalized spacial score (nSPS) is 12.7. The van der Waals surface area contributed by atoms with Crippen LogP contribution in [0.25, 0.3) is 88.3 Å². The third kappa shape index (κ3) is 5.94. The van der Waals surface area contributed by atoms with Crippen molar-refractivity contribution in [2.45, 2.75) is 19.3 Å². The summed E-state index contributed by atoms with van der Waals surface area (Å²) in [7, 11) is 0. The van der Waals surface area contributed by atoms with Gasteiger partial charge in [-0.05, 0) is 109 Å². The predicted octanol–water partition coefficient (Wildman–Crippen LogP) is 17.2. The van der Waals surface area contributed by atoms with Gasteiger partial charge in [0, 0.05) is 33.0 Å². The highest BCUT2D eigenvalue weighted by atomic mass is 16.3. The van der Waals surface area contributed by atoms with Gasteiger partial charge in [-0.15, -0.1) is 0 Å². The summed E-state index contributed by atoms with van der Waals surface area (Å²) in [4.78, 5) is 2.50. The topological polar surface area (TPSA) is 16.4 Å². The lowest BCUT2D eigenvalue weighted by Crippen LogP contribution is -2.15. The van der Waals surface area contributed by atoms with Crippen molar-refractivity contribution in [3.8, 4) is 55.6 Å². The molecule has 1 aliphatic rings. The number of para-hydroxylation sites is 2. The first-order valence-corrected chi connectivity index (χ1v) is 21.8. The summed E-state index contributed by atoms with van der Waals surface area (Å²) in [5, 5.41) is 4.67. The van der Waals surface area contributed by atoms with E-state index in [4.69, 9.17) is 4.42 Å². The number of hydrogen-bond donors (Lipinski definition) is 0. The molecule has 1 heterocycles. The van der Waals surface area contributed by atoms with Gasteiger partial charge in [-0.2, -0.15) is 0 Å². The Kier molecular flexibility index (Phi) is 8.55. The van der Waals surface area contributed by atoms with Crippen LogP contribution in [0.2, 0.25) is 0 Å². The van der Waals surface area contributed by atoms with Gasteiger partial charge in [-0.3, -0.25) is 0 Å². The summed E-state index contributed by atoms with van der Waals surface area (Å²) in [5.74, 6) is 0. The number of benzene rings is 10. The van der Waals surface area contributed by atoms with Crippen LogP contribution in [0.15, 0.2) is 229 Å². The highest BCUT2D eigenvalue weighted by Crippen LogP contribution is 2.56. The van der Waals surface area contributed by atoms with Gasteiger partial charge in [-0.25, -0.2) is 0 Å². The molecule has 298 valence electrons. The molecular formula is C61H43NO. The maximum absolute atomic E-state index is 6.56. The van der Waals surface area contributed by atoms with E-state index in [-0.39, 0.29) is 5.41 Å². The molecule has 0 unspecified atom stereocenters. The highest BCUT2D eigenvalue weighted by molar-refractivity contribution is 6.15. The molecule has 1 aliphatic carbocycles. The number of furan rings is 1. The van der Waals surface area contributed by atoms with Crippen LogP contribution < -0.4 is 4.90 Å². The predicted molar refractivity (Wildman–Crippen MR) is 265 cm³/mol. The van der Waals surface area contributed by atoms with Crippen LogP contribution in [0.3, 0.4) is 0 Å². The first kappa shape index (κ1) is 36.9. The minimum atomic E-state index is -0.173. The Balaban J connectivity index is 1.19. The second kappa shape index (κ2) is 14.6. The van der Waals surface area contributed by atoms with Crippen LogP contribution in [0, 0.1) is 0 Å². The van der Waals surface area contributed by atoms with Crippen LogP contribution in [0.1, 0.15) is 25.0 Å². The molecule has 2 nitrogen and oxygen atoms in total. The molecule has 0 aliphatic heterocycles. The number of hydrogen-bond acceptors (Lipinski definition) is 2. The Morgan fingerprint density at radius 3 is 1.83 bits per heavy atom. The Morgan fingerprint density at radius 2 is 0.952 bits per heavy atom. The first-order valence-electron chi connectivity index (χ1n) is 21.8. The van der Waals surface area contributed by atoms with E-state index in [0.717, 1.165) is 55.7 Å². The van der Waals surface area contributed by atoms with Crippen LogP contribution in [-0.4, -0.2) is 0 Å². The molecule has 0 fully saturated rings. The summed E-state index contributed by atoms with van der Waals surface area (Å²) in [5.41, 5.74) is 19.5. The zero-order valence-corrected chi connectivity index (χ0v) is 35.2. The maximum atomic E-state index is 6.56. The fourth-order valence-electron chi connectivity index (χ4n) is 10.3. The van der Waals surface area contributed by atoms with E-state index < -0.39 is 0 Å². The lowest BCUT2D eigenvalue weighted by molar-refractivity contribution is 0.660. The fourth-order valence-corrected chi connectivity index (χ4v) is 10.3. The lowest BCUT2D eigenvalue weighted by atomic mass is 9.81. The van der Waals surface area contributed by atoms with Gasteiger partial charge < -0.3 is 9.32 Å². The van der Waals surface area contributed by atoms with Crippen LogP contribution >= 0.6 is 0 Å². The second-order valence-electron chi connectivity index (χ2n) is 17.2. The van der Waals surface area contributed by atoms with E-state index in [2.05, 4.69) is 243 Å². The van der Waals surface area contributed by atoms with Gasteiger partial charge in [0.15, 0.2) is 0 Å². The Labute approximate surface area is 368 Å². The molecule has 0 bridgehead atoms. The standard InChI is InChI=1S/C61H43NO/c1-61(2)52-27-11-8-22-49(52)58-51(26-14-28-53(58)61)59-47(48-25-16-32-57-60(48)50-23-10-13-31-56(50)63-57)24-15-30-55(59)62(45-37-35-42(36-38-45)40-17-4-3-5-18-40)54-29-12-9-21-46(54)44-34-33-41-19-6-7-20-43(41)39-44/h3-39H,1-2H3. The molecule has 10 aromatic carbocycles. The smallest absolute Gasteiger partial charge is 0.136 e. The number of nitrogens with zero attached hydrogens (tertiary/aromatic N) is 1. The van der Waals surface area contributed by atoms with Gasteiger partial charge in [0.25, 0.3) is 0 Å². The summed E-state index contributed by atoms with van der Waals surface area (Å²) in [6.45, 7) is 4.74. The Bertz CT molecular complexity index is 3540. The van der Waals surface area contributed by atoms with Gasteiger partial charge in [0.1, 0.15) is 11.2 Å². The summed E-state index contributed by atoms with van der Waals surface area (Å²) in [6, 6.07) is 81.8. The van der Waals surface area contributed by atoms with Crippen molar-refractivity contribution in [1.82, 2.24) is 0 Å². The second-order valence-corrected chi connectivity index (χ2v) is 17.2. The molecule has 2 heteroatoms. The van der Waals surface area contributed by atoms with E-state index in [9.17, 15) is 0 Å². The molecule has 0 saturated carbocycles. The van der Waals surface area contributed by atoms with E-state index in [1.165, 1.54) is 60.8 Å². The molecule has 0 radical (unpaired) electrons.